The maximum atomic E-state index is 11.1. The normalized spacial score (nSPS) is 12.2. The van der Waals surface area contributed by atoms with Gasteiger partial charge in [0.15, 0.2) is 0 Å². The summed E-state index contributed by atoms with van der Waals surface area (Å²) in [5.41, 5.74) is 19.8. The fourth-order valence-corrected chi connectivity index (χ4v) is 2.35. The highest BCUT2D eigenvalue weighted by Crippen LogP contribution is 2.36. The highest BCUT2D eigenvalue weighted by molar-refractivity contribution is 5.88. The molecule has 0 aliphatic heterocycles. The standard InChI is InChI=1S/C16H15N7O/c1-11(24)19-14-9-7-13(8-10-14)16(21-23-18)15(20-22-17)12-5-3-2-4-6-12/h2-10,15-16H,1H3,(H,19,24)/t15-,16-/m0/s1. The molecule has 2 rings (SSSR count). The Bertz CT molecular complexity index is 791. The zero-order valence-corrected chi connectivity index (χ0v) is 12.9. The van der Waals surface area contributed by atoms with E-state index in [4.69, 9.17) is 11.1 Å². The molecule has 0 saturated heterocycles. The lowest BCUT2D eigenvalue weighted by Gasteiger charge is -2.20. The Morgan fingerprint density at radius 2 is 1.42 bits per heavy atom. The molecular formula is C16H15N7O. The van der Waals surface area contributed by atoms with Gasteiger partial charge in [0.2, 0.25) is 5.91 Å². The first-order valence-corrected chi connectivity index (χ1v) is 7.16. The molecule has 120 valence electrons. The molecule has 0 spiro atoms. The Kier molecular flexibility index (Phi) is 5.80. The smallest absolute Gasteiger partial charge is 0.221 e. The Morgan fingerprint density at radius 1 is 0.917 bits per heavy atom. The third-order valence-electron chi connectivity index (χ3n) is 3.36. The fraction of sp³-hybridized carbons (Fsp3) is 0.188. The maximum Gasteiger partial charge on any atom is 0.221 e. The summed E-state index contributed by atoms with van der Waals surface area (Å²) >= 11 is 0. The molecule has 2 atom stereocenters. The molecule has 0 fully saturated rings. The fourth-order valence-electron chi connectivity index (χ4n) is 2.35. The average Bonchev–Trinajstić information content (AvgIpc) is 2.59. The number of rotatable bonds is 6. The van der Waals surface area contributed by atoms with Crippen LogP contribution in [0.15, 0.2) is 64.8 Å². The molecule has 0 saturated carbocycles. The lowest BCUT2D eigenvalue weighted by molar-refractivity contribution is -0.114. The van der Waals surface area contributed by atoms with Crippen molar-refractivity contribution < 1.29 is 4.79 Å². The van der Waals surface area contributed by atoms with Gasteiger partial charge in [0, 0.05) is 22.4 Å². The highest BCUT2D eigenvalue weighted by atomic mass is 16.1. The summed E-state index contributed by atoms with van der Waals surface area (Å²) in [6.07, 6.45) is 0. The number of carbonyl (C=O) groups excluding carboxylic acids is 1. The van der Waals surface area contributed by atoms with Crippen molar-refractivity contribution in [3.63, 3.8) is 0 Å². The summed E-state index contributed by atoms with van der Waals surface area (Å²) in [5, 5.41) is 10.3. The molecule has 0 aliphatic rings. The number of anilines is 1. The first-order chi connectivity index (χ1) is 11.7. The molecule has 0 aromatic heterocycles. The van der Waals surface area contributed by atoms with Crippen LogP contribution in [-0.4, -0.2) is 5.91 Å². The number of hydrogen-bond acceptors (Lipinski definition) is 3. The third-order valence-corrected chi connectivity index (χ3v) is 3.36. The Balaban J connectivity index is 2.41. The van der Waals surface area contributed by atoms with Crippen molar-refractivity contribution in [1.29, 1.82) is 0 Å². The molecule has 8 nitrogen and oxygen atoms in total. The number of amides is 1. The van der Waals surface area contributed by atoms with Gasteiger partial charge in [-0.2, -0.15) is 0 Å². The molecule has 2 aromatic carbocycles. The quantitative estimate of drug-likeness (QED) is 0.446. The zero-order chi connectivity index (χ0) is 17.4. The molecule has 0 heterocycles. The van der Waals surface area contributed by atoms with E-state index in [0.29, 0.717) is 11.3 Å². The number of hydrogen-bond donors (Lipinski definition) is 1. The van der Waals surface area contributed by atoms with E-state index >= 15 is 0 Å². The SMILES string of the molecule is CC(=O)Nc1ccc([C@H](N=[N+]=[N-])[C@@H](N=[N+]=[N-])c2ccccc2)cc1. The summed E-state index contributed by atoms with van der Waals surface area (Å²) in [4.78, 5) is 16.8. The van der Waals surface area contributed by atoms with E-state index in [1.54, 1.807) is 24.3 Å². The van der Waals surface area contributed by atoms with Gasteiger partial charge in [-0.3, -0.25) is 4.79 Å². The van der Waals surface area contributed by atoms with Gasteiger partial charge in [0.05, 0.1) is 12.1 Å². The maximum absolute atomic E-state index is 11.1. The lowest BCUT2D eigenvalue weighted by atomic mass is 9.94. The monoisotopic (exact) mass is 321 g/mol. The molecule has 1 N–H and O–H groups in total. The second-order valence-electron chi connectivity index (χ2n) is 5.01. The Hall–Kier alpha value is -3.47. The second-order valence-corrected chi connectivity index (χ2v) is 5.01. The van der Waals surface area contributed by atoms with E-state index in [0.717, 1.165) is 5.56 Å². The predicted octanol–water partition coefficient (Wildman–Crippen LogP) is 5.05. The van der Waals surface area contributed by atoms with Crippen molar-refractivity contribution in [1.82, 2.24) is 0 Å². The van der Waals surface area contributed by atoms with Gasteiger partial charge >= 0.3 is 0 Å². The number of nitrogens with zero attached hydrogens (tertiary/aromatic N) is 6. The number of carbonyl (C=O) groups is 1. The second kappa shape index (κ2) is 8.24. The number of nitrogens with one attached hydrogen (secondary N) is 1. The minimum atomic E-state index is -0.695. The van der Waals surface area contributed by atoms with Crippen LogP contribution in [0.4, 0.5) is 5.69 Å². The van der Waals surface area contributed by atoms with Crippen LogP contribution in [0.1, 0.15) is 30.1 Å². The number of azide groups is 2. The van der Waals surface area contributed by atoms with E-state index in [-0.39, 0.29) is 5.91 Å². The highest BCUT2D eigenvalue weighted by Gasteiger charge is 2.23. The van der Waals surface area contributed by atoms with E-state index in [1.807, 2.05) is 30.3 Å². The largest absolute Gasteiger partial charge is 0.326 e. The van der Waals surface area contributed by atoms with Crippen molar-refractivity contribution in [2.24, 2.45) is 10.2 Å². The summed E-state index contributed by atoms with van der Waals surface area (Å²) in [6, 6.07) is 14.6. The molecule has 24 heavy (non-hydrogen) atoms. The Morgan fingerprint density at radius 3 is 1.88 bits per heavy atom. The van der Waals surface area contributed by atoms with Gasteiger partial charge < -0.3 is 5.32 Å². The lowest BCUT2D eigenvalue weighted by Crippen LogP contribution is -2.08. The average molecular weight is 321 g/mol. The molecule has 1 amide bonds. The first kappa shape index (κ1) is 16.9. The molecule has 8 heteroatoms. The van der Waals surface area contributed by atoms with Crippen LogP contribution in [0.2, 0.25) is 0 Å². The van der Waals surface area contributed by atoms with E-state index in [1.165, 1.54) is 6.92 Å². The molecular weight excluding hydrogens is 306 g/mol. The van der Waals surface area contributed by atoms with Crippen molar-refractivity contribution in [3.05, 3.63) is 86.6 Å². The van der Waals surface area contributed by atoms with Gasteiger partial charge in [-0.15, -0.1) is 0 Å². The molecule has 0 aliphatic carbocycles. The van der Waals surface area contributed by atoms with Crippen molar-refractivity contribution >= 4 is 11.6 Å². The van der Waals surface area contributed by atoms with Crippen LogP contribution >= 0.6 is 0 Å². The summed E-state index contributed by atoms with van der Waals surface area (Å²) < 4.78 is 0. The molecule has 0 radical (unpaired) electrons. The van der Waals surface area contributed by atoms with Gasteiger partial charge in [0.1, 0.15) is 0 Å². The Labute approximate surface area is 138 Å². The minimum absolute atomic E-state index is 0.175. The third kappa shape index (κ3) is 4.27. The van der Waals surface area contributed by atoms with Crippen LogP contribution in [0, 0.1) is 0 Å². The van der Waals surface area contributed by atoms with E-state index in [2.05, 4.69) is 25.4 Å². The van der Waals surface area contributed by atoms with Crippen molar-refractivity contribution in [3.8, 4) is 0 Å². The van der Waals surface area contributed by atoms with Crippen LogP contribution in [0.5, 0.6) is 0 Å². The van der Waals surface area contributed by atoms with Gasteiger partial charge in [-0.1, -0.05) is 52.7 Å². The van der Waals surface area contributed by atoms with Crippen molar-refractivity contribution in [2.75, 3.05) is 5.32 Å². The van der Waals surface area contributed by atoms with Crippen LogP contribution in [0.3, 0.4) is 0 Å². The van der Waals surface area contributed by atoms with Crippen LogP contribution in [0.25, 0.3) is 20.9 Å². The topological polar surface area (TPSA) is 127 Å². The van der Waals surface area contributed by atoms with Crippen LogP contribution in [-0.2, 0) is 4.79 Å². The van der Waals surface area contributed by atoms with Gasteiger partial charge in [-0.05, 0) is 34.3 Å². The summed E-state index contributed by atoms with van der Waals surface area (Å²) in [6.45, 7) is 1.42. The van der Waals surface area contributed by atoms with E-state index < -0.39 is 12.1 Å². The molecule has 2 aromatic rings. The van der Waals surface area contributed by atoms with Crippen LogP contribution < -0.4 is 5.32 Å². The first-order valence-electron chi connectivity index (χ1n) is 7.16. The van der Waals surface area contributed by atoms with E-state index in [9.17, 15) is 4.79 Å². The van der Waals surface area contributed by atoms with Gasteiger partial charge in [0.25, 0.3) is 0 Å². The number of benzene rings is 2. The summed E-state index contributed by atoms with van der Waals surface area (Å²) in [7, 11) is 0. The molecule has 0 unspecified atom stereocenters. The predicted molar refractivity (Wildman–Crippen MR) is 91.0 cm³/mol. The zero-order valence-electron chi connectivity index (χ0n) is 12.9. The summed E-state index contributed by atoms with van der Waals surface area (Å²) in [5.74, 6) is -0.175. The molecule has 0 bridgehead atoms. The minimum Gasteiger partial charge on any atom is -0.326 e. The van der Waals surface area contributed by atoms with Crippen molar-refractivity contribution in [2.45, 2.75) is 19.0 Å². The van der Waals surface area contributed by atoms with Gasteiger partial charge in [-0.25, -0.2) is 0 Å².